The van der Waals surface area contributed by atoms with Crippen LogP contribution in [0.3, 0.4) is 0 Å². The normalized spacial score (nSPS) is 17.9. The van der Waals surface area contributed by atoms with Crippen molar-refractivity contribution in [2.24, 2.45) is 0 Å². The number of aromatic nitrogens is 2. The van der Waals surface area contributed by atoms with Gasteiger partial charge < -0.3 is 14.4 Å². The number of aromatic carboxylic acids is 1. The minimum absolute atomic E-state index is 0.103. The third-order valence-corrected chi connectivity index (χ3v) is 3.48. The van der Waals surface area contributed by atoms with Crippen LogP contribution >= 0.6 is 0 Å². The standard InChI is InChI=1S/C14H13N3O4/c18-13(9-7-16-10(8-15-9)14(19)20)17-5-1-3-11(17)12-4-2-6-21-12/h2,4,6-8,11H,1,3,5H2,(H,19,20). The molecule has 1 fully saturated rings. The molecule has 2 aromatic rings. The van der Waals surface area contributed by atoms with Crippen LogP contribution in [0.1, 0.15) is 45.6 Å². The van der Waals surface area contributed by atoms with Gasteiger partial charge in [0.25, 0.3) is 5.91 Å². The molecule has 0 spiro atoms. The summed E-state index contributed by atoms with van der Waals surface area (Å²) < 4.78 is 5.38. The molecule has 1 amide bonds. The van der Waals surface area contributed by atoms with Gasteiger partial charge in [0.2, 0.25) is 0 Å². The summed E-state index contributed by atoms with van der Waals surface area (Å²) in [4.78, 5) is 32.5. The number of nitrogens with zero attached hydrogens (tertiary/aromatic N) is 3. The van der Waals surface area contributed by atoms with Crippen molar-refractivity contribution in [1.29, 1.82) is 0 Å². The molecule has 21 heavy (non-hydrogen) atoms. The van der Waals surface area contributed by atoms with E-state index < -0.39 is 5.97 Å². The number of furan rings is 1. The van der Waals surface area contributed by atoms with E-state index >= 15 is 0 Å². The maximum Gasteiger partial charge on any atom is 0.356 e. The second-order valence-corrected chi connectivity index (χ2v) is 4.76. The van der Waals surface area contributed by atoms with E-state index in [-0.39, 0.29) is 23.3 Å². The first-order valence-electron chi connectivity index (χ1n) is 6.56. The Morgan fingerprint density at radius 3 is 2.67 bits per heavy atom. The average Bonchev–Trinajstić information content (AvgIpc) is 3.17. The molecule has 7 heteroatoms. The molecule has 0 saturated carbocycles. The molecule has 3 heterocycles. The molecule has 1 aliphatic rings. The Morgan fingerprint density at radius 2 is 2.05 bits per heavy atom. The van der Waals surface area contributed by atoms with Crippen LogP contribution in [-0.2, 0) is 0 Å². The van der Waals surface area contributed by atoms with Gasteiger partial charge in [-0.3, -0.25) is 4.79 Å². The minimum Gasteiger partial charge on any atom is -0.476 e. The Bertz CT molecular complexity index is 651. The summed E-state index contributed by atoms with van der Waals surface area (Å²) in [6.45, 7) is 0.618. The fraction of sp³-hybridized carbons (Fsp3) is 0.286. The lowest BCUT2D eigenvalue weighted by atomic mass is 10.1. The van der Waals surface area contributed by atoms with Crippen LogP contribution in [0.5, 0.6) is 0 Å². The lowest BCUT2D eigenvalue weighted by Crippen LogP contribution is -2.31. The fourth-order valence-corrected chi connectivity index (χ4v) is 2.48. The van der Waals surface area contributed by atoms with Gasteiger partial charge >= 0.3 is 5.97 Å². The van der Waals surface area contributed by atoms with Crippen LogP contribution in [0, 0.1) is 0 Å². The highest BCUT2D eigenvalue weighted by atomic mass is 16.4. The molecule has 0 aromatic carbocycles. The Balaban J connectivity index is 1.82. The molecule has 2 aromatic heterocycles. The van der Waals surface area contributed by atoms with Crippen LogP contribution in [-0.4, -0.2) is 38.4 Å². The van der Waals surface area contributed by atoms with E-state index in [1.54, 1.807) is 17.2 Å². The van der Waals surface area contributed by atoms with E-state index in [1.165, 1.54) is 6.20 Å². The predicted octanol–water partition coefficient (Wildman–Crippen LogP) is 1.75. The highest BCUT2D eigenvalue weighted by Gasteiger charge is 2.33. The summed E-state index contributed by atoms with van der Waals surface area (Å²) in [5, 5.41) is 8.78. The molecular weight excluding hydrogens is 274 g/mol. The number of rotatable bonds is 3. The van der Waals surface area contributed by atoms with E-state index in [0.717, 1.165) is 24.8 Å². The zero-order chi connectivity index (χ0) is 14.8. The van der Waals surface area contributed by atoms with Gasteiger partial charge in [0.05, 0.1) is 24.7 Å². The van der Waals surface area contributed by atoms with Crippen LogP contribution in [0.2, 0.25) is 0 Å². The van der Waals surface area contributed by atoms with E-state index in [2.05, 4.69) is 9.97 Å². The lowest BCUT2D eigenvalue weighted by Gasteiger charge is -2.22. The zero-order valence-corrected chi connectivity index (χ0v) is 11.1. The number of carboxylic acids is 1. The molecular formula is C14H13N3O4. The maximum atomic E-state index is 12.5. The van der Waals surface area contributed by atoms with E-state index in [0.29, 0.717) is 6.54 Å². The number of carbonyl (C=O) groups is 2. The molecule has 1 N–H and O–H groups in total. The number of carboxylic acid groups (broad SMARTS) is 1. The zero-order valence-electron chi connectivity index (χ0n) is 11.1. The van der Waals surface area contributed by atoms with Crippen molar-refractivity contribution in [2.75, 3.05) is 6.54 Å². The van der Waals surface area contributed by atoms with Crippen LogP contribution in [0.25, 0.3) is 0 Å². The van der Waals surface area contributed by atoms with Crippen molar-refractivity contribution in [3.63, 3.8) is 0 Å². The largest absolute Gasteiger partial charge is 0.476 e. The van der Waals surface area contributed by atoms with E-state index in [9.17, 15) is 9.59 Å². The van der Waals surface area contributed by atoms with Crippen LogP contribution in [0.4, 0.5) is 0 Å². The van der Waals surface area contributed by atoms with Crippen LogP contribution < -0.4 is 0 Å². The van der Waals surface area contributed by atoms with Crippen molar-refractivity contribution in [3.8, 4) is 0 Å². The summed E-state index contributed by atoms with van der Waals surface area (Å²) in [6.07, 6.45) is 5.59. The second kappa shape index (κ2) is 5.35. The molecule has 1 unspecified atom stereocenters. The SMILES string of the molecule is O=C(O)c1cnc(C(=O)N2CCCC2c2ccco2)cn1. The van der Waals surface area contributed by atoms with Crippen molar-refractivity contribution >= 4 is 11.9 Å². The summed E-state index contributed by atoms with van der Waals surface area (Å²) in [7, 11) is 0. The first kappa shape index (κ1) is 13.3. The monoisotopic (exact) mass is 287 g/mol. The lowest BCUT2D eigenvalue weighted by molar-refractivity contribution is 0.0681. The van der Waals surface area contributed by atoms with Crippen molar-refractivity contribution in [2.45, 2.75) is 18.9 Å². The van der Waals surface area contributed by atoms with Gasteiger partial charge in [0, 0.05) is 6.54 Å². The number of hydrogen-bond donors (Lipinski definition) is 1. The van der Waals surface area contributed by atoms with Gasteiger partial charge in [-0.15, -0.1) is 0 Å². The van der Waals surface area contributed by atoms with Crippen molar-refractivity contribution < 1.29 is 19.1 Å². The molecule has 0 bridgehead atoms. The topological polar surface area (TPSA) is 96.5 Å². The van der Waals surface area contributed by atoms with Gasteiger partial charge in [-0.05, 0) is 25.0 Å². The number of amides is 1. The minimum atomic E-state index is -1.17. The molecule has 7 nitrogen and oxygen atoms in total. The Morgan fingerprint density at radius 1 is 1.29 bits per heavy atom. The van der Waals surface area contributed by atoms with Crippen LogP contribution in [0.15, 0.2) is 35.2 Å². The molecule has 1 saturated heterocycles. The Labute approximate surface area is 120 Å². The molecule has 108 valence electrons. The van der Waals surface area contributed by atoms with Gasteiger partial charge in [0.1, 0.15) is 11.5 Å². The number of likely N-dealkylation sites (tertiary alicyclic amines) is 1. The fourth-order valence-electron chi connectivity index (χ4n) is 2.48. The Hall–Kier alpha value is -2.70. The van der Waals surface area contributed by atoms with Gasteiger partial charge in [-0.2, -0.15) is 0 Å². The molecule has 0 aliphatic carbocycles. The number of hydrogen-bond acceptors (Lipinski definition) is 5. The van der Waals surface area contributed by atoms with Crippen molar-refractivity contribution in [1.82, 2.24) is 14.9 Å². The first-order chi connectivity index (χ1) is 10.2. The highest BCUT2D eigenvalue weighted by Crippen LogP contribution is 2.32. The van der Waals surface area contributed by atoms with E-state index in [4.69, 9.17) is 9.52 Å². The third kappa shape index (κ3) is 2.49. The molecule has 0 radical (unpaired) electrons. The Kier molecular flexibility index (Phi) is 3.39. The summed E-state index contributed by atoms with van der Waals surface area (Å²) in [6, 6.07) is 3.53. The quantitative estimate of drug-likeness (QED) is 0.923. The highest BCUT2D eigenvalue weighted by molar-refractivity contribution is 5.93. The third-order valence-electron chi connectivity index (χ3n) is 3.48. The first-order valence-corrected chi connectivity index (χ1v) is 6.56. The van der Waals surface area contributed by atoms with Gasteiger partial charge in [-0.1, -0.05) is 0 Å². The summed E-state index contributed by atoms with van der Waals surface area (Å²) in [5.74, 6) is -0.689. The smallest absolute Gasteiger partial charge is 0.356 e. The van der Waals surface area contributed by atoms with Gasteiger partial charge in [-0.25, -0.2) is 14.8 Å². The van der Waals surface area contributed by atoms with E-state index in [1.807, 2.05) is 6.07 Å². The molecule has 1 atom stereocenters. The molecule has 3 rings (SSSR count). The molecule has 1 aliphatic heterocycles. The average molecular weight is 287 g/mol. The summed E-state index contributed by atoms with van der Waals surface area (Å²) in [5.41, 5.74) is -0.0472. The maximum absolute atomic E-state index is 12.5. The van der Waals surface area contributed by atoms with Gasteiger partial charge in [0.15, 0.2) is 5.69 Å². The predicted molar refractivity (Wildman–Crippen MR) is 70.7 cm³/mol. The van der Waals surface area contributed by atoms with Crippen molar-refractivity contribution in [3.05, 3.63) is 47.9 Å². The second-order valence-electron chi connectivity index (χ2n) is 4.76. The number of carbonyl (C=O) groups excluding carboxylic acids is 1. The summed E-state index contributed by atoms with van der Waals surface area (Å²) >= 11 is 0.